The first-order valence-electron chi connectivity index (χ1n) is 8.38. The molecule has 4 heterocycles. The van der Waals surface area contributed by atoms with Crippen molar-refractivity contribution in [2.45, 2.75) is 0 Å². The summed E-state index contributed by atoms with van der Waals surface area (Å²) >= 11 is 0. The first-order chi connectivity index (χ1) is 13.5. The van der Waals surface area contributed by atoms with Gasteiger partial charge in [0.15, 0.2) is 0 Å². The van der Waals surface area contributed by atoms with E-state index in [1.165, 1.54) is 0 Å². The van der Waals surface area contributed by atoms with Crippen LogP contribution in [0.5, 0.6) is 0 Å². The van der Waals surface area contributed by atoms with Gasteiger partial charge in [0, 0.05) is 47.5 Å². The molecule has 0 unspecified atom stereocenters. The minimum atomic E-state index is 0. The fraction of sp³-hybridized carbons (Fsp3) is 0. The number of hydrogen-bond donors (Lipinski definition) is 4. The molecule has 0 aliphatic carbocycles. The summed E-state index contributed by atoms with van der Waals surface area (Å²) in [5.41, 5.74) is 28.1. The van der Waals surface area contributed by atoms with Gasteiger partial charge in [0.2, 0.25) is 0 Å². The molecule has 0 aliphatic heterocycles. The van der Waals surface area contributed by atoms with E-state index < -0.39 is 0 Å². The fourth-order valence-corrected chi connectivity index (χ4v) is 2.35. The zero-order chi connectivity index (χ0) is 19.9. The molecule has 154 valence electrons. The predicted molar refractivity (Wildman–Crippen MR) is 113 cm³/mol. The van der Waals surface area contributed by atoms with Crippen LogP contribution >= 0.6 is 0 Å². The van der Waals surface area contributed by atoms with Crippen LogP contribution < -0.4 is 35.3 Å². The molecule has 30 heavy (non-hydrogen) atoms. The number of rotatable bonds is 2. The van der Waals surface area contributed by atoms with Gasteiger partial charge >= 0.3 is 19.8 Å². The number of anilines is 4. The summed E-state index contributed by atoms with van der Waals surface area (Å²) in [6.45, 7) is 0. The minimum Gasteiger partial charge on any atom is -1.00 e. The van der Waals surface area contributed by atoms with Crippen molar-refractivity contribution < 1.29 is 32.2 Å². The molecule has 0 saturated heterocycles. The Balaban J connectivity index is 0.000000281. The van der Waals surface area contributed by atoms with Crippen molar-refractivity contribution in [1.82, 2.24) is 19.9 Å². The summed E-state index contributed by atoms with van der Waals surface area (Å²) in [6, 6.07) is 14.0. The number of nitrogens with zero attached hydrogens (tertiary/aromatic N) is 4. The first-order valence-corrected chi connectivity index (χ1v) is 8.38. The maximum atomic E-state index is 5.63. The molecule has 8 N–H and O–H groups in total. The molecule has 0 amide bonds. The molecule has 4 rings (SSSR count). The van der Waals surface area contributed by atoms with E-state index in [0.29, 0.717) is 22.7 Å². The van der Waals surface area contributed by atoms with Crippen LogP contribution in [0, 0.1) is 0 Å². The molecular formula is C20H20ClN8Os+. The fourth-order valence-electron chi connectivity index (χ4n) is 2.35. The van der Waals surface area contributed by atoms with Crippen LogP contribution in [0.15, 0.2) is 73.3 Å². The second-order valence-electron chi connectivity index (χ2n) is 5.90. The Hall–Kier alpha value is -3.27. The number of hydrogen-bond acceptors (Lipinski definition) is 8. The normalized spacial score (nSPS) is 9.33. The molecule has 0 fully saturated rings. The second-order valence-corrected chi connectivity index (χ2v) is 5.90. The van der Waals surface area contributed by atoms with Crippen LogP contribution in [0.25, 0.3) is 22.8 Å². The van der Waals surface area contributed by atoms with Gasteiger partial charge in [0.25, 0.3) is 0 Å². The van der Waals surface area contributed by atoms with Crippen LogP contribution in [-0.2, 0) is 19.8 Å². The molecule has 0 aromatic carbocycles. The molecule has 0 aliphatic rings. The maximum absolute atomic E-state index is 5.63. The van der Waals surface area contributed by atoms with Gasteiger partial charge in [-0.25, -0.2) is 0 Å². The third-order valence-electron chi connectivity index (χ3n) is 3.66. The molecule has 0 spiro atoms. The van der Waals surface area contributed by atoms with Crippen LogP contribution in [0.3, 0.4) is 0 Å². The van der Waals surface area contributed by atoms with Gasteiger partial charge in [-0.2, -0.15) is 0 Å². The Kier molecular flexibility index (Phi) is 9.63. The molecule has 0 bridgehead atoms. The van der Waals surface area contributed by atoms with E-state index in [-0.39, 0.29) is 32.2 Å². The third-order valence-corrected chi connectivity index (χ3v) is 3.66. The van der Waals surface area contributed by atoms with Gasteiger partial charge in [-0.3, -0.25) is 19.9 Å². The van der Waals surface area contributed by atoms with E-state index in [1.54, 1.807) is 73.3 Å². The van der Waals surface area contributed by atoms with E-state index in [9.17, 15) is 0 Å². The van der Waals surface area contributed by atoms with Gasteiger partial charge in [0.1, 0.15) is 0 Å². The van der Waals surface area contributed by atoms with Gasteiger partial charge in [-0.05, 0) is 48.5 Å². The monoisotopic (exact) mass is 599 g/mol. The summed E-state index contributed by atoms with van der Waals surface area (Å²) in [5.74, 6) is 0. The molecule has 4 aromatic rings. The molecule has 8 nitrogen and oxygen atoms in total. The average molecular weight is 598 g/mol. The first kappa shape index (κ1) is 24.8. The Bertz CT molecular complexity index is 919. The van der Waals surface area contributed by atoms with Crippen molar-refractivity contribution in [3.63, 3.8) is 0 Å². The van der Waals surface area contributed by atoms with Gasteiger partial charge in [-0.1, -0.05) is 0 Å². The number of halogens is 1. The third kappa shape index (κ3) is 6.96. The summed E-state index contributed by atoms with van der Waals surface area (Å²) in [5, 5.41) is 0. The summed E-state index contributed by atoms with van der Waals surface area (Å²) < 4.78 is 0. The van der Waals surface area contributed by atoms with Crippen molar-refractivity contribution in [3.8, 4) is 22.8 Å². The molecule has 0 saturated carbocycles. The number of nitrogens with two attached hydrogens (primary N) is 4. The predicted octanol–water partition coefficient (Wildman–Crippen LogP) is -0.382. The molecule has 0 radical (unpaired) electrons. The smallest absolute Gasteiger partial charge is 1.00 e. The quantitative estimate of drug-likeness (QED) is 0.244. The minimum absolute atomic E-state index is 0. The number of aromatic nitrogens is 4. The SMILES string of the molecule is Nc1ccnc(-c2cc(N)ccn2)c1.Nc1ccnc(-c2cc(N)ccn2)c1.[Cl-].[Os+2]. The van der Waals surface area contributed by atoms with Gasteiger partial charge in [0.05, 0.1) is 22.8 Å². The van der Waals surface area contributed by atoms with E-state index >= 15 is 0 Å². The van der Waals surface area contributed by atoms with E-state index in [4.69, 9.17) is 22.9 Å². The van der Waals surface area contributed by atoms with E-state index in [0.717, 1.165) is 22.8 Å². The molecular weight excluding hydrogens is 578 g/mol. The van der Waals surface area contributed by atoms with Crippen LogP contribution in [0.4, 0.5) is 22.7 Å². The van der Waals surface area contributed by atoms with E-state index in [1.807, 2.05) is 0 Å². The van der Waals surface area contributed by atoms with Crippen LogP contribution in [-0.4, -0.2) is 19.9 Å². The van der Waals surface area contributed by atoms with Crippen LogP contribution in [0.2, 0.25) is 0 Å². The maximum Gasteiger partial charge on any atom is 2.00 e. The van der Waals surface area contributed by atoms with Gasteiger partial charge in [-0.15, -0.1) is 0 Å². The Morgan fingerprint density at radius 2 is 0.633 bits per heavy atom. The van der Waals surface area contributed by atoms with Gasteiger partial charge < -0.3 is 35.3 Å². The topological polar surface area (TPSA) is 156 Å². The van der Waals surface area contributed by atoms with Crippen molar-refractivity contribution in [2.24, 2.45) is 0 Å². The Morgan fingerprint density at radius 1 is 0.433 bits per heavy atom. The van der Waals surface area contributed by atoms with E-state index in [2.05, 4.69) is 19.9 Å². The van der Waals surface area contributed by atoms with Crippen molar-refractivity contribution >= 4 is 22.7 Å². The van der Waals surface area contributed by atoms with Crippen molar-refractivity contribution in [2.75, 3.05) is 22.9 Å². The number of nitrogen functional groups attached to an aromatic ring is 4. The average Bonchev–Trinajstić information content (AvgIpc) is 2.69. The molecule has 10 heteroatoms. The summed E-state index contributed by atoms with van der Waals surface area (Å²) in [6.07, 6.45) is 6.59. The van der Waals surface area contributed by atoms with Crippen LogP contribution in [0.1, 0.15) is 0 Å². The summed E-state index contributed by atoms with van der Waals surface area (Å²) in [4.78, 5) is 16.6. The Labute approximate surface area is 193 Å². The van der Waals surface area contributed by atoms with Crippen molar-refractivity contribution in [3.05, 3.63) is 73.3 Å². The largest absolute Gasteiger partial charge is 2.00 e. The standard InChI is InChI=1S/2C10H10N4.ClH.Os/c2*11-7-1-3-13-9(5-7)10-6-8(12)2-4-14-10;;/h2*1-6H,(H2,11,13)(H2,12,14);1H;/q;;;+2/p-1. The second kappa shape index (κ2) is 11.7. The Morgan fingerprint density at radius 3 is 0.800 bits per heavy atom. The summed E-state index contributed by atoms with van der Waals surface area (Å²) in [7, 11) is 0. The zero-order valence-corrected chi connectivity index (χ0v) is 19.1. The van der Waals surface area contributed by atoms with Crippen molar-refractivity contribution in [1.29, 1.82) is 0 Å². The zero-order valence-electron chi connectivity index (χ0n) is 15.8. The number of pyridine rings is 4. The molecule has 0 atom stereocenters. The molecule has 4 aromatic heterocycles.